The van der Waals surface area contributed by atoms with Crippen molar-refractivity contribution in [2.75, 3.05) is 30.3 Å². The number of carbonyl (C=O) groups excluding carboxylic acids is 3. The van der Waals surface area contributed by atoms with E-state index < -0.39 is 56.6 Å². The number of piperidine rings is 1. The first-order valence-electron chi connectivity index (χ1n) is 11.7. The van der Waals surface area contributed by atoms with Crippen molar-refractivity contribution in [2.45, 2.75) is 30.5 Å². The first-order valence-corrected chi connectivity index (χ1v) is 13.2. The number of hydrogen-bond donors (Lipinski definition) is 5. The lowest BCUT2D eigenvalue weighted by atomic mass is 9.99. The summed E-state index contributed by atoms with van der Waals surface area (Å²) in [7, 11) is -4.20. The van der Waals surface area contributed by atoms with Gasteiger partial charge in [-0.25, -0.2) is 23.1 Å². The molecule has 2 aromatic carbocycles. The minimum absolute atomic E-state index is 0.0560. The van der Waals surface area contributed by atoms with Crippen molar-refractivity contribution >= 4 is 39.2 Å². The van der Waals surface area contributed by atoms with E-state index in [1.807, 2.05) is 0 Å². The van der Waals surface area contributed by atoms with Crippen LogP contribution in [0.1, 0.15) is 19.3 Å². The Hall–Kier alpha value is -3.96. The van der Waals surface area contributed by atoms with Crippen molar-refractivity contribution in [2.24, 2.45) is 5.92 Å². The van der Waals surface area contributed by atoms with Crippen LogP contribution in [0.5, 0.6) is 5.75 Å². The van der Waals surface area contributed by atoms with Gasteiger partial charge in [0.1, 0.15) is 11.6 Å². The number of halogens is 4. The molecule has 0 saturated carbocycles. The number of rotatable bonds is 9. The van der Waals surface area contributed by atoms with Crippen LogP contribution in [-0.4, -0.2) is 61.8 Å². The average Bonchev–Trinajstić information content (AvgIpc) is 2.90. The molecule has 1 atom stereocenters. The summed E-state index contributed by atoms with van der Waals surface area (Å²) < 4.78 is 82.5. The van der Waals surface area contributed by atoms with Gasteiger partial charge in [-0.2, -0.15) is 4.31 Å². The molecule has 1 aliphatic rings. The quantitative estimate of drug-likeness (QED) is 0.170. The first-order chi connectivity index (χ1) is 18.8. The standard InChI is InChI=1S/C23H25F4N5O7S/c24-18-12-17(40(37,38)32-11-1-2-14(13-32)21(34)28-10-9-20(33)31-36)7-8-19(18)30-22(35)29-15-3-5-16(6-4-15)39-23(25,26)27/h3-8,12,14,36H,1-2,9-11,13H2,(H,28,34)(H,31,33)(H2,29,30,35)/t14-/m0/s1. The van der Waals surface area contributed by atoms with Crippen molar-refractivity contribution in [3.8, 4) is 5.75 Å². The number of nitrogens with one attached hydrogen (secondary N) is 4. The van der Waals surface area contributed by atoms with Gasteiger partial charge in [0.05, 0.1) is 16.5 Å². The molecule has 0 aliphatic carbocycles. The fourth-order valence-electron chi connectivity index (χ4n) is 3.81. The van der Waals surface area contributed by atoms with Crippen LogP contribution in [0.2, 0.25) is 0 Å². The SMILES string of the molecule is O=C(CCNC(=O)[C@H]1CCCN(S(=O)(=O)c2ccc(NC(=O)Nc3ccc(OC(F)(F)F)cc3)c(F)c2)C1)NO. The highest BCUT2D eigenvalue weighted by Crippen LogP contribution is 2.27. The van der Waals surface area contributed by atoms with Gasteiger partial charge in [0.2, 0.25) is 21.8 Å². The molecule has 12 nitrogen and oxygen atoms in total. The number of amides is 4. The van der Waals surface area contributed by atoms with E-state index in [0.29, 0.717) is 18.9 Å². The molecule has 3 rings (SSSR count). The predicted molar refractivity (Wildman–Crippen MR) is 131 cm³/mol. The molecule has 218 valence electrons. The summed E-state index contributed by atoms with van der Waals surface area (Å²) in [5.74, 6) is -3.44. The molecule has 1 heterocycles. The first kappa shape index (κ1) is 30.6. The Kier molecular flexibility index (Phi) is 9.88. The molecule has 1 aliphatic heterocycles. The summed E-state index contributed by atoms with van der Waals surface area (Å²) >= 11 is 0. The monoisotopic (exact) mass is 591 g/mol. The second-order valence-electron chi connectivity index (χ2n) is 8.57. The zero-order valence-corrected chi connectivity index (χ0v) is 21.4. The van der Waals surface area contributed by atoms with E-state index in [9.17, 15) is 40.4 Å². The number of ether oxygens (including phenoxy) is 1. The van der Waals surface area contributed by atoms with Crippen molar-refractivity contribution in [1.29, 1.82) is 0 Å². The second-order valence-corrected chi connectivity index (χ2v) is 10.5. The Morgan fingerprint density at radius 3 is 2.40 bits per heavy atom. The molecule has 1 fully saturated rings. The molecule has 5 N–H and O–H groups in total. The predicted octanol–water partition coefficient (Wildman–Crippen LogP) is 2.78. The van der Waals surface area contributed by atoms with Crippen LogP contribution >= 0.6 is 0 Å². The molecule has 0 radical (unpaired) electrons. The molecule has 40 heavy (non-hydrogen) atoms. The molecule has 0 aromatic heterocycles. The van der Waals surface area contributed by atoms with E-state index >= 15 is 0 Å². The summed E-state index contributed by atoms with van der Waals surface area (Å²) in [5.41, 5.74) is 1.14. The van der Waals surface area contributed by atoms with Gasteiger partial charge in [-0.3, -0.25) is 14.8 Å². The van der Waals surface area contributed by atoms with Crippen LogP contribution in [0.4, 0.5) is 33.7 Å². The highest BCUT2D eigenvalue weighted by atomic mass is 32.2. The van der Waals surface area contributed by atoms with Gasteiger partial charge in [0.25, 0.3) is 0 Å². The van der Waals surface area contributed by atoms with Gasteiger partial charge in [-0.15, -0.1) is 13.2 Å². The number of nitrogens with zero attached hydrogens (tertiary/aromatic N) is 1. The van der Waals surface area contributed by atoms with E-state index in [-0.39, 0.29) is 37.4 Å². The van der Waals surface area contributed by atoms with Crippen LogP contribution in [0, 0.1) is 11.7 Å². The molecular weight excluding hydrogens is 566 g/mol. The Bertz CT molecular complexity index is 1340. The molecule has 4 amide bonds. The lowest BCUT2D eigenvalue weighted by Crippen LogP contribution is -2.45. The number of anilines is 2. The third kappa shape index (κ3) is 8.52. The average molecular weight is 592 g/mol. The van der Waals surface area contributed by atoms with Crippen LogP contribution in [0.25, 0.3) is 0 Å². The minimum atomic E-state index is -4.88. The Morgan fingerprint density at radius 2 is 1.77 bits per heavy atom. The fraction of sp³-hybridized carbons (Fsp3) is 0.348. The maximum absolute atomic E-state index is 14.7. The Labute approximate surface area is 225 Å². The van der Waals surface area contributed by atoms with Crippen molar-refractivity contribution < 1.29 is 50.3 Å². The maximum Gasteiger partial charge on any atom is 0.573 e. The van der Waals surface area contributed by atoms with Crippen LogP contribution in [0.15, 0.2) is 47.4 Å². The van der Waals surface area contributed by atoms with Gasteiger partial charge in [0, 0.05) is 31.7 Å². The molecular formula is C23H25F4N5O7S. The molecule has 1 saturated heterocycles. The molecule has 17 heteroatoms. The minimum Gasteiger partial charge on any atom is -0.406 e. The zero-order chi connectivity index (χ0) is 29.5. The van der Waals surface area contributed by atoms with E-state index in [0.717, 1.165) is 40.7 Å². The normalized spacial score (nSPS) is 16.1. The number of hydroxylamine groups is 1. The van der Waals surface area contributed by atoms with Crippen LogP contribution in [-0.2, 0) is 19.6 Å². The van der Waals surface area contributed by atoms with E-state index in [1.54, 1.807) is 0 Å². The second kappa shape index (κ2) is 12.9. The fourth-order valence-corrected chi connectivity index (χ4v) is 5.34. The number of sulfonamides is 1. The largest absolute Gasteiger partial charge is 0.573 e. The van der Waals surface area contributed by atoms with E-state index in [2.05, 4.69) is 20.7 Å². The Morgan fingerprint density at radius 1 is 1.07 bits per heavy atom. The van der Waals surface area contributed by atoms with E-state index in [4.69, 9.17) is 5.21 Å². The van der Waals surface area contributed by atoms with Crippen molar-refractivity contribution in [3.63, 3.8) is 0 Å². The lowest BCUT2D eigenvalue weighted by Gasteiger charge is -2.31. The van der Waals surface area contributed by atoms with E-state index in [1.165, 1.54) is 5.48 Å². The maximum atomic E-state index is 14.7. The number of hydrogen-bond acceptors (Lipinski definition) is 7. The number of urea groups is 1. The summed E-state index contributed by atoms with van der Waals surface area (Å²) in [6, 6.07) is 6.07. The molecule has 0 spiro atoms. The van der Waals surface area contributed by atoms with Crippen molar-refractivity contribution in [3.05, 3.63) is 48.3 Å². The third-order valence-electron chi connectivity index (χ3n) is 5.70. The molecule has 2 aromatic rings. The van der Waals surface area contributed by atoms with Gasteiger partial charge < -0.3 is 20.7 Å². The van der Waals surface area contributed by atoms with Gasteiger partial charge >= 0.3 is 12.4 Å². The van der Waals surface area contributed by atoms with Gasteiger partial charge in [-0.1, -0.05) is 0 Å². The van der Waals surface area contributed by atoms with Gasteiger partial charge in [-0.05, 0) is 55.3 Å². The number of benzene rings is 2. The molecule has 0 unspecified atom stereocenters. The lowest BCUT2D eigenvalue weighted by molar-refractivity contribution is -0.274. The summed E-state index contributed by atoms with van der Waals surface area (Å²) in [5, 5.41) is 15.5. The summed E-state index contributed by atoms with van der Waals surface area (Å²) in [6.45, 7) is -0.132. The van der Waals surface area contributed by atoms with Crippen LogP contribution < -0.4 is 26.2 Å². The summed E-state index contributed by atoms with van der Waals surface area (Å²) in [6.07, 6.45) is -4.29. The molecule has 0 bridgehead atoms. The van der Waals surface area contributed by atoms with Crippen molar-refractivity contribution in [1.82, 2.24) is 15.1 Å². The van der Waals surface area contributed by atoms with Crippen LogP contribution in [0.3, 0.4) is 0 Å². The van der Waals surface area contributed by atoms with Gasteiger partial charge in [0.15, 0.2) is 0 Å². The summed E-state index contributed by atoms with van der Waals surface area (Å²) in [4.78, 5) is 35.3. The third-order valence-corrected chi connectivity index (χ3v) is 7.56. The Balaban J connectivity index is 1.60. The zero-order valence-electron chi connectivity index (χ0n) is 20.6. The highest BCUT2D eigenvalue weighted by Gasteiger charge is 2.34. The number of alkyl halides is 3. The highest BCUT2D eigenvalue weighted by molar-refractivity contribution is 7.89. The topological polar surface area (TPSA) is 166 Å². The number of carbonyl (C=O) groups is 3. The smallest absolute Gasteiger partial charge is 0.406 e.